The second-order valence-corrected chi connectivity index (χ2v) is 8.82. The normalized spacial score (nSPS) is 20.7. The van der Waals surface area contributed by atoms with Crippen LogP contribution in [-0.4, -0.2) is 49.6 Å². The third-order valence-corrected chi connectivity index (χ3v) is 6.70. The van der Waals surface area contributed by atoms with Gasteiger partial charge in [0.2, 0.25) is 0 Å². The number of pyridine rings is 1. The van der Waals surface area contributed by atoms with Crippen molar-refractivity contribution in [2.45, 2.75) is 25.0 Å². The number of ether oxygens (including phenoxy) is 3. The number of aromatic nitrogens is 1. The van der Waals surface area contributed by atoms with E-state index in [-0.39, 0.29) is 23.4 Å². The van der Waals surface area contributed by atoms with E-state index in [1.165, 1.54) is 12.1 Å². The summed E-state index contributed by atoms with van der Waals surface area (Å²) in [6, 6.07) is 11.9. The van der Waals surface area contributed by atoms with Gasteiger partial charge in [-0.3, -0.25) is 9.69 Å². The van der Waals surface area contributed by atoms with Crippen molar-refractivity contribution in [1.29, 1.82) is 0 Å². The van der Waals surface area contributed by atoms with Crippen molar-refractivity contribution >= 4 is 22.7 Å². The molecule has 0 unspecified atom stereocenters. The van der Waals surface area contributed by atoms with E-state index in [1.54, 1.807) is 33.7 Å². The predicted octanol–water partition coefficient (Wildman–Crippen LogP) is 3.01. The van der Waals surface area contributed by atoms with Gasteiger partial charge in [-0.2, -0.15) is 0 Å². The van der Waals surface area contributed by atoms with E-state index in [9.17, 15) is 14.0 Å². The van der Waals surface area contributed by atoms with Crippen LogP contribution in [0.5, 0.6) is 11.5 Å². The van der Waals surface area contributed by atoms with E-state index in [0.29, 0.717) is 74.1 Å². The Morgan fingerprint density at radius 3 is 2.71 bits per heavy atom. The van der Waals surface area contributed by atoms with Gasteiger partial charge in [-0.15, -0.1) is 0 Å². The van der Waals surface area contributed by atoms with Crippen LogP contribution in [0.25, 0.3) is 10.9 Å². The van der Waals surface area contributed by atoms with Gasteiger partial charge in [0.1, 0.15) is 25.1 Å². The maximum atomic E-state index is 14.6. The van der Waals surface area contributed by atoms with Crippen molar-refractivity contribution in [2.24, 2.45) is 0 Å². The number of fused-ring (bicyclic) bond motifs is 1. The number of carbonyl (C=O) groups excluding carboxylic acids is 1. The summed E-state index contributed by atoms with van der Waals surface area (Å²) in [5.74, 6) is 0.946. The summed E-state index contributed by atoms with van der Waals surface area (Å²) in [6.07, 6.45) is -0.0314. The molecule has 0 spiro atoms. The molecule has 2 aromatic carbocycles. The molecule has 1 aromatic heterocycles. The second kappa shape index (κ2) is 8.32. The highest BCUT2D eigenvalue weighted by Crippen LogP contribution is 2.37. The lowest BCUT2D eigenvalue weighted by Crippen LogP contribution is -2.32. The van der Waals surface area contributed by atoms with Crippen LogP contribution in [0.2, 0.25) is 0 Å². The number of benzene rings is 2. The number of hydrogen-bond donors (Lipinski definition) is 1. The monoisotopic (exact) mass is 465 g/mol. The Bertz CT molecular complexity index is 1340. The molecule has 4 heterocycles. The molecule has 2 atom stereocenters. The van der Waals surface area contributed by atoms with Gasteiger partial charge < -0.3 is 24.1 Å². The summed E-state index contributed by atoms with van der Waals surface area (Å²) in [5, 5.41) is 4.21. The van der Waals surface area contributed by atoms with Gasteiger partial charge in [0.05, 0.1) is 17.7 Å². The van der Waals surface area contributed by atoms with Crippen molar-refractivity contribution in [3.63, 3.8) is 0 Å². The van der Waals surface area contributed by atoms with Gasteiger partial charge in [0.25, 0.3) is 5.56 Å². The SMILES string of the molecule is O=C1O[C@H](CNCC[C@@H]2Cn3c(=O)ccc4ccc(F)c2c43)CN1c1ccc2c(c1)OCCO2. The summed E-state index contributed by atoms with van der Waals surface area (Å²) in [4.78, 5) is 26.3. The van der Waals surface area contributed by atoms with Gasteiger partial charge in [0.15, 0.2) is 11.5 Å². The molecule has 1 N–H and O–H groups in total. The topological polar surface area (TPSA) is 82.0 Å². The fourth-order valence-electron chi connectivity index (χ4n) is 5.09. The molecule has 34 heavy (non-hydrogen) atoms. The van der Waals surface area contributed by atoms with Crippen LogP contribution in [-0.2, 0) is 11.3 Å². The molecule has 1 saturated heterocycles. The van der Waals surface area contributed by atoms with E-state index >= 15 is 0 Å². The Kier molecular flexibility index (Phi) is 5.13. The van der Waals surface area contributed by atoms with Gasteiger partial charge in [-0.05, 0) is 48.7 Å². The number of anilines is 1. The number of cyclic esters (lactones) is 1. The zero-order valence-electron chi connectivity index (χ0n) is 18.5. The van der Waals surface area contributed by atoms with Gasteiger partial charge in [0, 0.05) is 36.7 Å². The lowest BCUT2D eigenvalue weighted by Gasteiger charge is -2.21. The highest BCUT2D eigenvalue weighted by molar-refractivity contribution is 5.90. The molecule has 9 heteroatoms. The number of hydrogen-bond acceptors (Lipinski definition) is 6. The first-order chi connectivity index (χ1) is 16.6. The van der Waals surface area contributed by atoms with Crippen LogP contribution in [0.15, 0.2) is 47.3 Å². The van der Waals surface area contributed by atoms with Crippen LogP contribution in [0.1, 0.15) is 17.9 Å². The highest BCUT2D eigenvalue weighted by atomic mass is 19.1. The Morgan fingerprint density at radius 1 is 1.00 bits per heavy atom. The number of carbonyl (C=O) groups is 1. The molecule has 1 amide bonds. The van der Waals surface area contributed by atoms with Crippen molar-refractivity contribution in [3.05, 3.63) is 64.2 Å². The van der Waals surface area contributed by atoms with E-state index in [4.69, 9.17) is 14.2 Å². The van der Waals surface area contributed by atoms with Crippen molar-refractivity contribution in [1.82, 2.24) is 9.88 Å². The Balaban J connectivity index is 1.06. The molecule has 3 aliphatic rings. The van der Waals surface area contributed by atoms with E-state index in [0.717, 1.165) is 5.39 Å². The summed E-state index contributed by atoms with van der Waals surface area (Å²) in [7, 11) is 0. The zero-order valence-corrected chi connectivity index (χ0v) is 18.5. The predicted molar refractivity (Wildman–Crippen MR) is 123 cm³/mol. The Morgan fingerprint density at radius 2 is 1.82 bits per heavy atom. The summed E-state index contributed by atoms with van der Waals surface area (Å²) in [5.41, 5.74) is 1.92. The smallest absolute Gasteiger partial charge is 0.414 e. The minimum Gasteiger partial charge on any atom is -0.486 e. The first kappa shape index (κ1) is 21.0. The molecule has 3 aromatic rings. The molecule has 8 nitrogen and oxygen atoms in total. The molecule has 3 aliphatic heterocycles. The largest absolute Gasteiger partial charge is 0.486 e. The first-order valence-electron chi connectivity index (χ1n) is 11.5. The van der Waals surface area contributed by atoms with Crippen LogP contribution in [0.3, 0.4) is 0 Å². The highest BCUT2D eigenvalue weighted by Gasteiger charge is 2.33. The number of nitrogens with one attached hydrogen (secondary N) is 1. The molecular weight excluding hydrogens is 441 g/mol. The minimum absolute atomic E-state index is 0.0772. The maximum Gasteiger partial charge on any atom is 0.414 e. The van der Waals surface area contributed by atoms with E-state index in [1.807, 2.05) is 6.07 Å². The summed E-state index contributed by atoms with van der Waals surface area (Å²) in [6.45, 7) is 2.98. The van der Waals surface area contributed by atoms with Crippen LogP contribution in [0, 0.1) is 5.82 Å². The van der Waals surface area contributed by atoms with Gasteiger partial charge in [-0.25, -0.2) is 9.18 Å². The van der Waals surface area contributed by atoms with E-state index in [2.05, 4.69) is 5.32 Å². The number of amides is 1. The number of halogens is 1. The summed E-state index contributed by atoms with van der Waals surface area (Å²) >= 11 is 0. The minimum atomic E-state index is -0.400. The number of rotatable bonds is 6. The van der Waals surface area contributed by atoms with Crippen molar-refractivity contribution < 1.29 is 23.4 Å². The maximum absolute atomic E-state index is 14.6. The first-order valence-corrected chi connectivity index (χ1v) is 11.5. The van der Waals surface area contributed by atoms with Gasteiger partial charge in [-0.1, -0.05) is 0 Å². The third-order valence-electron chi connectivity index (χ3n) is 6.70. The lowest BCUT2D eigenvalue weighted by atomic mass is 9.96. The van der Waals surface area contributed by atoms with Crippen LogP contribution < -0.4 is 25.2 Å². The summed E-state index contributed by atoms with van der Waals surface area (Å²) < 4.78 is 33.0. The molecule has 176 valence electrons. The van der Waals surface area contributed by atoms with Crippen molar-refractivity contribution in [3.8, 4) is 11.5 Å². The molecule has 0 bridgehead atoms. The average molecular weight is 465 g/mol. The zero-order chi connectivity index (χ0) is 23.2. The van der Waals surface area contributed by atoms with Gasteiger partial charge >= 0.3 is 6.09 Å². The molecule has 1 fully saturated rings. The molecular formula is C25H24FN3O5. The molecule has 0 aliphatic carbocycles. The molecule has 6 rings (SSSR count). The average Bonchev–Trinajstić information content (AvgIpc) is 3.42. The standard InChI is InChI=1S/C25H24FN3O5/c26-19-4-1-15-2-6-22(30)29-13-16(23(19)24(15)29)7-8-27-12-18-14-28(25(31)34-18)17-3-5-20-21(11-17)33-10-9-32-20/h1-6,11,16,18,27H,7-10,12-14H2/t16-,18-/m1/s1. The lowest BCUT2D eigenvalue weighted by molar-refractivity contribution is 0.140. The second-order valence-electron chi connectivity index (χ2n) is 8.82. The fraction of sp³-hybridized carbons (Fsp3) is 0.360. The Labute approximate surface area is 194 Å². The van der Waals surface area contributed by atoms with Crippen LogP contribution >= 0.6 is 0 Å². The molecule has 0 saturated carbocycles. The quantitative estimate of drug-likeness (QED) is 0.564. The third kappa shape index (κ3) is 3.56. The fourth-order valence-corrected chi connectivity index (χ4v) is 5.09. The van der Waals surface area contributed by atoms with E-state index < -0.39 is 6.09 Å². The number of nitrogens with zero attached hydrogens (tertiary/aromatic N) is 2. The van der Waals surface area contributed by atoms with Crippen LogP contribution in [0.4, 0.5) is 14.9 Å². The Hall–Kier alpha value is -3.59. The van der Waals surface area contributed by atoms with Crippen molar-refractivity contribution in [2.75, 3.05) is 37.7 Å². The molecule has 0 radical (unpaired) electrons.